The molecular weight excluding hydrogens is 361 g/mol. The van der Waals surface area contributed by atoms with Gasteiger partial charge in [-0.25, -0.2) is 9.18 Å². The Bertz CT molecular complexity index is 919. The van der Waals surface area contributed by atoms with Gasteiger partial charge in [-0.1, -0.05) is 37.3 Å². The van der Waals surface area contributed by atoms with Crippen molar-refractivity contribution in [3.05, 3.63) is 59.9 Å². The van der Waals surface area contributed by atoms with E-state index in [0.29, 0.717) is 13.0 Å². The van der Waals surface area contributed by atoms with Crippen molar-refractivity contribution in [3.63, 3.8) is 0 Å². The largest absolute Gasteiger partial charge is 0.394 e. The number of aliphatic hydroxyl groups excluding tert-OH is 1. The fourth-order valence-corrected chi connectivity index (χ4v) is 4.34. The number of para-hydroxylation sites is 2. The lowest BCUT2D eigenvalue weighted by molar-refractivity contribution is -0.119. The molecule has 146 valence electrons. The molecule has 0 bridgehead atoms. The third-order valence-electron chi connectivity index (χ3n) is 5.64. The van der Waals surface area contributed by atoms with Gasteiger partial charge in [-0.05, 0) is 23.8 Å². The van der Waals surface area contributed by atoms with Crippen LogP contribution in [0.15, 0.2) is 48.5 Å². The molecule has 2 N–H and O–H groups in total. The summed E-state index contributed by atoms with van der Waals surface area (Å²) in [6, 6.07) is 12.4. The molecule has 2 aliphatic heterocycles. The van der Waals surface area contributed by atoms with Gasteiger partial charge in [0.05, 0.1) is 24.4 Å². The zero-order valence-corrected chi connectivity index (χ0v) is 15.5. The summed E-state index contributed by atoms with van der Waals surface area (Å²) in [5, 5.41) is 12.5. The molecule has 0 spiro atoms. The molecule has 3 atom stereocenters. The van der Waals surface area contributed by atoms with E-state index in [4.69, 9.17) is 0 Å². The number of carbonyl (C=O) groups is 2. The molecule has 2 aromatic rings. The van der Waals surface area contributed by atoms with Crippen LogP contribution in [0.3, 0.4) is 0 Å². The summed E-state index contributed by atoms with van der Waals surface area (Å²) in [6.45, 7) is 1.95. The summed E-state index contributed by atoms with van der Waals surface area (Å²) in [5.41, 5.74) is 1.88. The standard InChI is InChI=1S/C21H22FN3O3/c1-2-19(27)24-11-17-20(13-7-3-6-10-16(13)24)18(12-26)25(17)21(28)23-15-9-5-4-8-14(15)22/h3-10,17-18,20,26H,2,11-12H2,1H3,(H,23,28)/t17-,18+,20+/m0/s1. The molecule has 1 fully saturated rings. The minimum Gasteiger partial charge on any atom is -0.394 e. The number of urea groups is 1. The second kappa shape index (κ2) is 7.24. The second-order valence-corrected chi connectivity index (χ2v) is 7.08. The third kappa shape index (κ3) is 2.82. The van der Waals surface area contributed by atoms with Gasteiger partial charge in [0.15, 0.2) is 0 Å². The first kappa shape index (κ1) is 18.4. The van der Waals surface area contributed by atoms with Crippen LogP contribution in [-0.2, 0) is 4.79 Å². The molecule has 0 unspecified atom stereocenters. The molecule has 1 saturated heterocycles. The number of halogens is 1. The third-order valence-corrected chi connectivity index (χ3v) is 5.64. The highest BCUT2D eigenvalue weighted by Gasteiger charge is 2.55. The number of fused-ring (bicyclic) bond motifs is 3. The van der Waals surface area contributed by atoms with E-state index in [9.17, 15) is 19.1 Å². The van der Waals surface area contributed by atoms with Gasteiger partial charge >= 0.3 is 6.03 Å². The summed E-state index contributed by atoms with van der Waals surface area (Å²) in [4.78, 5) is 28.6. The number of hydrogen-bond donors (Lipinski definition) is 2. The van der Waals surface area contributed by atoms with E-state index < -0.39 is 17.9 Å². The average molecular weight is 383 g/mol. The molecular formula is C21H22FN3O3. The molecule has 0 aromatic heterocycles. The number of nitrogens with zero attached hydrogens (tertiary/aromatic N) is 2. The van der Waals surface area contributed by atoms with Crippen LogP contribution in [0.5, 0.6) is 0 Å². The Morgan fingerprint density at radius 3 is 2.61 bits per heavy atom. The summed E-state index contributed by atoms with van der Waals surface area (Å²) in [5.74, 6) is -0.605. The van der Waals surface area contributed by atoms with Crippen LogP contribution in [0.25, 0.3) is 0 Å². The number of amides is 3. The Labute approximate surface area is 162 Å². The Morgan fingerprint density at radius 2 is 1.89 bits per heavy atom. The minimum atomic E-state index is -0.523. The smallest absolute Gasteiger partial charge is 0.322 e. The van der Waals surface area contributed by atoms with Gasteiger partial charge in [-0.15, -0.1) is 0 Å². The van der Waals surface area contributed by atoms with Gasteiger partial charge < -0.3 is 20.2 Å². The number of rotatable bonds is 3. The maximum absolute atomic E-state index is 13.9. The molecule has 3 amide bonds. The lowest BCUT2D eigenvalue weighted by Gasteiger charge is -2.58. The van der Waals surface area contributed by atoms with Gasteiger partial charge in [0.2, 0.25) is 5.91 Å². The highest BCUT2D eigenvalue weighted by Crippen LogP contribution is 2.48. The SMILES string of the molecule is CCC(=O)N1C[C@H]2[C@@H](c3ccccc31)[C@@H](CO)N2C(=O)Nc1ccccc1F. The van der Waals surface area contributed by atoms with Crippen molar-refractivity contribution in [1.82, 2.24) is 4.90 Å². The van der Waals surface area contributed by atoms with Crippen LogP contribution in [-0.4, -0.2) is 47.2 Å². The summed E-state index contributed by atoms with van der Waals surface area (Å²) in [6.07, 6.45) is 0.358. The molecule has 0 radical (unpaired) electrons. The molecule has 0 aliphatic carbocycles. The van der Waals surface area contributed by atoms with Crippen molar-refractivity contribution in [3.8, 4) is 0 Å². The summed E-state index contributed by atoms with van der Waals surface area (Å²) >= 11 is 0. The van der Waals surface area contributed by atoms with Crippen LogP contribution in [0.2, 0.25) is 0 Å². The van der Waals surface area contributed by atoms with Gasteiger partial charge in [0, 0.05) is 24.6 Å². The Hall–Kier alpha value is -2.93. The van der Waals surface area contributed by atoms with E-state index in [0.717, 1.165) is 11.3 Å². The summed E-state index contributed by atoms with van der Waals surface area (Å²) < 4.78 is 13.9. The van der Waals surface area contributed by atoms with Crippen molar-refractivity contribution < 1.29 is 19.1 Å². The monoisotopic (exact) mass is 383 g/mol. The lowest BCUT2D eigenvalue weighted by Crippen LogP contribution is -2.71. The van der Waals surface area contributed by atoms with Gasteiger partial charge in [-0.2, -0.15) is 0 Å². The Balaban J connectivity index is 1.64. The molecule has 28 heavy (non-hydrogen) atoms. The van der Waals surface area contributed by atoms with Crippen LogP contribution in [0.4, 0.5) is 20.6 Å². The van der Waals surface area contributed by atoms with Gasteiger partial charge in [-0.3, -0.25) is 4.79 Å². The Morgan fingerprint density at radius 1 is 1.18 bits per heavy atom. The maximum atomic E-state index is 13.9. The van der Waals surface area contributed by atoms with Crippen LogP contribution in [0.1, 0.15) is 24.8 Å². The predicted molar refractivity (Wildman–Crippen MR) is 104 cm³/mol. The van der Waals surface area contributed by atoms with Crippen molar-refractivity contribution in [1.29, 1.82) is 0 Å². The van der Waals surface area contributed by atoms with Crippen LogP contribution >= 0.6 is 0 Å². The first-order valence-corrected chi connectivity index (χ1v) is 9.40. The second-order valence-electron chi connectivity index (χ2n) is 7.08. The average Bonchev–Trinajstić information content (AvgIpc) is 2.69. The zero-order valence-electron chi connectivity index (χ0n) is 15.5. The summed E-state index contributed by atoms with van der Waals surface area (Å²) in [7, 11) is 0. The Kier molecular flexibility index (Phi) is 4.77. The first-order chi connectivity index (χ1) is 13.6. The van der Waals surface area contributed by atoms with Crippen molar-refractivity contribution >= 4 is 23.3 Å². The number of aliphatic hydroxyl groups is 1. The normalized spacial score (nSPS) is 22.8. The quantitative estimate of drug-likeness (QED) is 0.856. The predicted octanol–water partition coefficient (Wildman–Crippen LogP) is 2.94. The molecule has 0 saturated carbocycles. The number of likely N-dealkylation sites (tertiary alicyclic amines) is 1. The van der Waals surface area contributed by atoms with Gasteiger partial charge in [0.1, 0.15) is 5.82 Å². The molecule has 2 heterocycles. The molecule has 2 aromatic carbocycles. The van der Waals surface area contributed by atoms with E-state index >= 15 is 0 Å². The van der Waals surface area contributed by atoms with Crippen molar-refractivity contribution in [2.24, 2.45) is 0 Å². The van der Waals surface area contributed by atoms with Gasteiger partial charge in [0.25, 0.3) is 0 Å². The molecule has 2 aliphatic rings. The molecule has 6 nitrogen and oxygen atoms in total. The van der Waals surface area contributed by atoms with Crippen molar-refractivity contribution in [2.45, 2.75) is 31.3 Å². The van der Waals surface area contributed by atoms with E-state index in [-0.39, 0.29) is 30.2 Å². The van der Waals surface area contributed by atoms with Crippen molar-refractivity contribution in [2.75, 3.05) is 23.4 Å². The number of hydrogen-bond acceptors (Lipinski definition) is 3. The zero-order chi connectivity index (χ0) is 19.8. The van der Waals surface area contributed by atoms with Crippen LogP contribution in [0, 0.1) is 5.82 Å². The maximum Gasteiger partial charge on any atom is 0.322 e. The number of benzene rings is 2. The highest BCUT2D eigenvalue weighted by molar-refractivity contribution is 5.96. The van der Waals surface area contributed by atoms with E-state index in [1.54, 1.807) is 24.0 Å². The first-order valence-electron chi connectivity index (χ1n) is 9.40. The highest BCUT2D eigenvalue weighted by atomic mass is 19.1. The lowest BCUT2D eigenvalue weighted by atomic mass is 9.72. The van der Waals surface area contributed by atoms with Crippen LogP contribution < -0.4 is 10.2 Å². The van der Waals surface area contributed by atoms with E-state index in [1.165, 1.54) is 17.0 Å². The topological polar surface area (TPSA) is 72.9 Å². The fourth-order valence-electron chi connectivity index (χ4n) is 4.34. The molecule has 7 heteroatoms. The molecule has 4 rings (SSSR count). The van der Waals surface area contributed by atoms with E-state index in [2.05, 4.69) is 5.32 Å². The minimum absolute atomic E-state index is 0.0205. The fraction of sp³-hybridized carbons (Fsp3) is 0.333. The van der Waals surface area contributed by atoms with E-state index in [1.807, 2.05) is 24.3 Å². The number of anilines is 2. The number of nitrogens with one attached hydrogen (secondary N) is 1. The number of carbonyl (C=O) groups excluding carboxylic acids is 2.